The number of rotatable bonds is 5. The molecule has 0 atom stereocenters. The number of guanidine groups is 1. The zero-order chi connectivity index (χ0) is 16.9. The minimum absolute atomic E-state index is 0.369. The first-order valence-electron chi connectivity index (χ1n) is 8.15. The predicted octanol–water partition coefficient (Wildman–Crippen LogP) is 2.55. The molecule has 2 rings (SSSR count). The molecule has 1 heterocycles. The van der Waals surface area contributed by atoms with Gasteiger partial charge in [-0.3, -0.25) is 4.99 Å². The molecule has 0 saturated carbocycles. The van der Waals surface area contributed by atoms with Gasteiger partial charge in [0.25, 0.3) is 0 Å². The molecule has 1 aliphatic rings. The number of nitrogens with zero attached hydrogens (tertiary/aromatic N) is 2. The van der Waals surface area contributed by atoms with Crippen LogP contribution in [0.2, 0.25) is 0 Å². The second-order valence-corrected chi connectivity index (χ2v) is 6.74. The number of benzene rings is 1. The first-order chi connectivity index (χ1) is 11.0. The van der Waals surface area contributed by atoms with E-state index in [1.54, 1.807) is 14.2 Å². The van der Waals surface area contributed by atoms with Crippen LogP contribution in [-0.2, 0) is 6.42 Å². The number of ether oxygens (including phenoxy) is 2. The zero-order valence-corrected chi connectivity index (χ0v) is 15.0. The summed E-state index contributed by atoms with van der Waals surface area (Å²) in [6.07, 6.45) is 2.06. The van der Waals surface area contributed by atoms with Gasteiger partial charge in [-0.15, -0.1) is 0 Å². The molecule has 128 valence electrons. The summed E-state index contributed by atoms with van der Waals surface area (Å²) in [5, 5.41) is 3.47. The largest absolute Gasteiger partial charge is 0.497 e. The summed E-state index contributed by atoms with van der Waals surface area (Å²) < 4.78 is 10.7. The standard InChI is InChI=1S/C18H29N3O2/c1-18(2)9-11-21(13-18)17(19-3)20-10-8-14-12-15(22-4)6-7-16(14)23-5/h6-7,12H,8-11,13H2,1-5H3,(H,19,20). The Balaban J connectivity index is 1.93. The average molecular weight is 319 g/mol. The van der Waals surface area contributed by atoms with Crippen molar-refractivity contribution in [3.05, 3.63) is 23.8 Å². The van der Waals surface area contributed by atoms with Crippen LogP contribution in [0.15, 0.2) is 23.2 Å². The van der Waals surface area contributed by atoms with Crippen molar-refractivity contribution in [2.75, 3.05) is 40.9 Å². The van der Waals surface area contributed by atoms with E-state index < -0.39 is 0 Å². The Morgan fingerprint density at radius 2 is 2.09 bits per heavy atom. The van der Waals surface area contributed by atoms with Crippen LogP contribution in [0.3, 0.4) is 0 Å². The number of nitrogens with one attached hydrogen (secondary N) is 1. The lowest BCUT2D eigenvalue weighted by atomic mass is 9.93. The molecule has 0 aliphatic carbocycles. The van der Waals surface area contributed by atoms with Gasteiger partial charge in [0, 0.05) is 26.7 Å². The van der Waals surface area contributed by atoms with Crippen LogP contribution in [0.5, 0.6) is 11.5 Å². The van der Waals surface area contributed by atoms with Crippen molar-refractivity contribution in [1.82, 2.24) is 10.2 Å². The summed E-state index contributed by atoms with van der Waals surface area (Å²) in [5.41, 5.74) is 1.50. The fourth-order valence-electron chi connectivity index (χ4n) is 3.01. The first-order valence-corrected chi connectivity index (χ1v) is 8.15. The number of likely N-dealkylation sites (tertiary alicyclic amines) is 1. The van der Waals surface area contributed by atoms with Crippen LogP contribution in [0.25, 0.3) is 0 Å². The van der Waals surface area contributed by atoms with Crippen molar-refractivity contribution in [3.8, 4) is 11.5 Å². The number of aliphatic imine (C=N–C) groups is 1. The predicted molar refractivity (Wildman–Crippen MR) is 94.6 cm³/mol. The van der Waals surface area contributed by atoms with E-state index in [-0.39, 0.29) is 0 Å². The molecule has 5 nitrogen and oxygen atoms in total. The van der Waals surface area contributed by atoms with Crippen LogP contribution >= 0.6 is 0 Å². The molecule has 1 aromatic carbocycles. The fraction of sp³-hybridized carbons (Fsp3) is 0.611. The highest BCUT2D eigenvalue weighted by molar-refractivity contribution is 5.80. The normalized spacial score (nSPS) is 17.3. The lowest BCUT2D eigenvalue weighted by Crippen LogP contribution is -2.41. The van der Waals surface area contributed by atoms with Gasteiger partial charge in [0.15, 0.2) is 5.96 Å². The quantitative estimate of drug-likeness (QED) is 0.669. The molecule has 1 aromatic rings. The topological polar surface area (TPSA) is 46.1 Å². The fourth-order valence-corrected chi connectivity index (χ4v) is 3.01. The Bertz CT molecular complexity index is 555. The third-order valence-corrected chi connectivity index (χ3v) is 4.35. The SMILES string of the molecule is CN=C(NCCc1cc(OC)ccc1OC)N1CCC(C)(C)C1. The van der Waals surface area contributed by atoms with Gasteiger partial charge in [-0.2, -0.15) is 0 Å². The molecular formula is C18H29N3O2. The summed E-state index contributed by atoms with van der Waals surface area (Å²) >= 11 is 0. The maximum absolute atomic E-state index is 5.43. The Morgan fingerprint density at radius 3 is 2.65 bits per heavy atom. The molecule has 0 spiro atoms. The van der Waals surface area contributed by atoms with Gasteiger partial charge in [-0.05, 0) is 42.0 Å². The van der Waals surface area contributed by atoms with Crippen LogP contribution in [0.1, 0.15) is 25.8 Å². The first kappa shape index (κ1) is 17.4. The van der Waals surface area contributed by atoms with Gasteiger partial charge in [0.2, 0.25) is 0 Å². The molecule has 23 heavy (non-hydrogen) atoms. The second-order valence-electron chi connectivity index (χ2n) is 6.74. The van der Waals surface area contributed by atoms with Gasteiger partial charge in [-0.25, -0.2) is 0 Å². The third-order valence-electron chi connectivity index (χ3n) is 4.35. The Kier molecular flexibility index (Phi) is 5.74. The molecule has 1 saturated heterocycles. The van der Waals surface area contributed by atoms with Crippen molar-refractivity contribution in [2.24, 2.45) is 10.4 Å². The van der Waals surface area contributed by atoms with Crippen LogP contribution in [0.4, 0.5) is 0 Å². The minimum atomic E-state index is 0.369. The van der Waals surface area contributed by atoms with Crippen LogP contribution < -0.4 is 14.8 Å². The van der Waals surface area contributed by atoms with Gasteiger partial charge in [0.1, 0.15) is 11.5 Å². The van der Waals surface area contributed by atoms with E-state index >= 15 is 0 Å². The molecule has 5 heteroatoms. The molecule has 0 radical (unpaired) electrons. The molecule has 0 aromatic heterocycles. The molecule has 0 bridgehead atoms. The number of methoxy groups -OCH3 is 2. The van der Waals surface area contributed by atoms with Crippen LogP contribution in [0, 0.1) is 5.41 Å². The van der Waals surface area contributed by atoms with E-state index in [1.807, 2.05) is 25.2 Å². The molecule has 1 aliphatic heterocycles. The summed E-state index contributed by atoms with van der Waals surface area (Å²) in [5.74, 6) is 2.73. The maximum atomic E-state index is 5.43. The summed E-state index contributed by atoms with van der Waals surface area (Å²) in [6, 6.07) is 5.90. The van der Waals surface area contributed by atoms with Gasteiger partial charge >= 0.3 is 0 Å². The number of hydrogen-bond donors (Lipinski definition) is 1. The summed E-state index contributed by atoms with van der Waals surface area (Å²) in [4.78, 5) is 6.75. The zero-order valence-electron chi connectivity index (χ0n) is 15.0. The van der Waals surface area contributed by atoms with Crippen molar-refractivity contribution < 1.29 is 9.47 Å². The Labute approximate surface area is 139 Å². The van der Waals surface area contributed by atoms with Crippen molar-refractivity contribution >= 4 is 5.96 Å². The van der Waals surface area contributed by atoms with E-state index in [4.69, 9.17) is 9.47 Å². The van der Waals surface area contributed by atoms with Gasteiger partial charge in [0.05, 0.1) is 14.2 Å². The molecular weight excluding hydrogens is 290 g/mol. The van der Waals surface area contributed by atoms with E-state index in [0.29, 0.717) is 5.41 Å². The highest BCUT2D eigenvalue weighted by Crippen LogP contribution is 2.28. The van der Waals surface area contributed by atoms with E-state index in [9.17, 15) is 0 Å². The van der Waals surface area contributed by atoms with E-state index in [0.717, 1.165) is 49.1 Å². The van der Waals surface area contributed by atoms with Crippen LogP contribution in [-0.4, -0.2) is 51.8 Å². The average Bonchev–Trinajstić information content (AvgIpc) is 2.91. The highest BCUT2D eigenvalue weighted by Gasteiger charge is 2.30. The lowest BCUT2D eigenvalue weighted by Gasteiger charge is -2.23. The minimum Gasteiger partial charge on any atom is -0.497 e. The molecule has 0 amide bonds. The van der Waals surface area contributed by atoms with Gasteiger partial charge < -0.3 is 19.7 Å². The molecule has 0 unspecified atom stereocenters. The molecule has 1 N–H and O–H groups in total. The van der Waals surface area contributed by atoms with E-state index in [1.165, 1.54) is 6.42 Å². The van der Waals surface area contributed by atoms with Crippen molar-refractivity contribution in [1.29, 1.82) is 0 Å². The third kappa shape index (κ3) is 4.53. The summed E-state index contributed by atoms with van der Waals surface area (Å²) in [7, 11) is 5.23. The number of hydrogen-bond acceptors (Lipinski definition) is 3. The monoisotopic (exact) mass is 319 g/mol. The highest BCUT2D eigenvalue weighted by atomic mass is 16.5. The van der Waals surface area contributed by atoms with Crippen molar-refractivity contribution in [3.63, 3.8) is 0 Å². The molecule has 1 fully saturated rings. The second kappa shape index (κ2) is 7.57. The maximum Gasteiger partial charge on any atom is 0.193 e. The van der Waals surface area contributed by atoms with Crippen molar-refractivity contribution in [2.45, 2.75) is 26.7 Å². The smallest absolute Gasteiger partial charge is 0.193 e. The lowest BCUT2D eigenvalue weighted by molar-refractivity contribution is 0.370. The Morgan fingerprint density at radius 1 is 1.30 bits per heavy atom. The summed E-state index contributed by atoms with van der Waals surface area (Å²) in [6.45, 7) is 7.54. The van der Waals surface area contributed by atoms with Gasteiger partial charge in [-0.1, -0.05) is 13.8 Å². The van der Waals surface area contributed by atoms with E-state index in [2.05, 4.69) is 29.1 Å². The Hall–Kier alpha value is -1.91.